The van der Waals surface area contributed by atoms with E-state index in [1.165, 1.54) is 0 Å². The molecule has 0 aliphatic heterocycles. The van der Waals surface area contributed by atoms with Gasteiger partial charge in [-0.15, -0.1) is 0 Å². The Bertz CT molecular complexity index is 661. The maximum atomic E-state index is 12.3. The number of ketones is 1. The number of fused-ring (bicyclic) bond motifs is 3. The number of nitrogens with zero attached hydrogens (tertiary/aromatic N) is 1. The first-order valence-electron chi connectivity index (χ1n) is 5.16. The van der Waals surface area contributed by atoms with Crippen LogP contribution >= 0.6 is 15.9 Å². The van der Waals surface area contributed by atoms with Gasteiger partial charge in [-0.3, -0.25) is 9.79 Å². The topological polar surface area (TPSA) is 29.4 Å². The van der Waals surface area contributed by atoms with Crippen molar-refractivity contribution < 1.29 is 4.79 Å². The molecule has 2 aromatic carbocycles. The van der Waals surface area contributed by atoms with Crippen LogP contribution in [0.3, 0.4) is 0 Å². The monoisotopic (exact) mass is 285 g/mol. The quantitative estimate of drug-likeness (QED) is 0.622. The number of rotatable bonds is 1. The van der Waals surface area contributed by atoms with Crippen LogP contribution in [0.4, 0.5) is 5.69 Å². The predicted molar refractivity (Wildman–Crippen MR) is 72.2 cm³/mol. The molecule has 2 aromatic rings. The van der Waals surface area contributed by atoms with Crippen LogP contribution in [-0.4, -0.2) is 12.5 Å². The molecule has 3 rings (SSSR count). The van der Waals surface area contributed by atoms with Gasteiger partial charge in [-0.2, -0.15) is 0 Å². The Balaban J connectivity index is 2.38. The maximum Gasteiger partial charge on any atom is 0.196 e. The van der Waals surface area contributed by atoms with Gasteiger partial charge in [0.1, 0.15) is 0 Å². The molecule has 0 bridgehead atoms. The molecule has 2 nitrogen and oxygen atoms in total. The first-order chi connectivity index (χ1) is 8.22. The molecule has 0 radical (unpaired) electrons. The summed E-state index contributed by atoms with van der Waals surface area (Å²) in [6.45, 7) is 3.51. The Morgan fingerprint density at radius 3 is 2.65 bits per heavy atom. The van der Waals surface area contributed by atoms with Crippen molar-refractivity contribution in [1.29, 1.82) is 0 Å². The molecular formula is C14H8BrNO. The highest BCUT2D eigenvalue weighted by Crippen LogP contribution is 2.41. The summed E-state index contributed by atoms with van der Waals surface area (Å²) >= 11 is 3.38. The lowest BCUT2D eigenvalue weighted by molar-refractivity contribution is 0.104. The summed E-state index contributed by atoms with van der Waals surface area (Å²) in [6, 6.07) is 11.4. The van der Waals surface area contributed by atoms with Crippen LogP contribution in [0.5, 0.6) is 0 Å². The minimum Gasteiger partial charge on any atom is -0.288 e. The molecule has 0 saturated heterocycles. The fourth-order valence-corrected chi connectivity index (χ4v) is 2.57. The van der Waals surface area contributed by atoms with Gasteiger partial charge in [0.15, 0.2) is 5.78 Å². The Labute approximate surface area is 107 Å². The second kappa shape index (κ2) is 3.64. The average Bonchev–Trinajstić information content (AvgIpc) is 2.63. The number of hydrogen-bond acceptors (Lipinski definition) is 2. The lowest BCUT2D eigenvalue weighted by Crippen LogP contribution is -1.95. The van der Waals surface area contributed by atoms with E-state index in [-0.39, 0.29) is 5.78 Å². The van der Waals surface area contributed by atoms with E-state index >= 15 is 0 Å². The SMILES string of the molecule is C=Nc1cccc2c1C(=O)c1cc(Br)ccc1-2. The molecule has 3 heteroatoms. The minimum absolute atomic E-state index is 0.0271. The molecule has 0 saturated carbocycles. The molecule has 1 aliphatic rings. The molecule has 0 N–H and O–H groups in total. The molecule has 82 valence electrons. The summed E-state index contributed by atoms with van der Waals surface area (Å²) in [5, 5.41) is 0. The average molecular weight is 286 g/mol. The lowest BCUT2D eigenvalue weighted by atomic mass is 10.1. The summed E-state index contributed by atoms with van der Waals surface area (Å²) in [7, 11) is 0. The van der Waals surface area contributed by atoms with Gasteiger partial charge in [0.2, 0.25) is 0 Å². The van der Waals surface area contributed by atoms with Gasteiger partial charge in [0.25, 0.3) is 0 Å². The van der Waals surface area contributed by atoms with Crippen molar-refractivity contribution in [3.63, 3.8) is 0 Å². The van der Waals surface area contributed by atoms with E-state index in [9.17, 15) is 4.79 Å². The van der Waals surface area contributed by atoms with E-state index in [1.54, 1.807) is 0 Å². The van der Waals surface area contributed by atoms with E-state index in [0.717, 1.165) is 21.2 Å². The third-order valence-electron chi connectivity index (χ3n) is 2.96. The van der Waals surface area contributed by atoms with Crippen LogP contribution in [0.2, 0.25) is 0 Å². The number of carbonyl (C=O) groups excluding carboxylic acids is 1. The largest absolute Gasteiger partial charge is 0.288 e. The Hall–Kier alpha value is -1.74. The van der Waals surface area contributed by atoms with Crippen LogP contribution in [0, 0.1) is 0 Å². The molecular weight excluding hydrogens is 278 g/mol. The van der Waals surface area contributed by atoms with E-state index in [1.807, 2.05) is 36.4 Å². The Morgan fingerprint density at radius 1 is 1.06 bits per heavy atom. The minimum atomic E-state index is 0.0271. The van der Waals surface area contributed by atoms with E-state index in [2.05, 4.69) is 27.6 Å². The first-order valence-corrected chi connectivity index (χ1v) is 5.96. The number of hydrogen-bond donors (Lipinski definition) is 0. The van der Waals surface area contributed by atoms with Crippen molar-refractivity contribution >= 4 is 34.1 Å². The Kier molecular flexibility index (Phi) is 2.23. The standard InChI is InChI=1S/C14H8BrNO/c1-16-12-4-2-3-10-9-6-5-8(15)7-11(9)14(17)13(10)12/h2-7H,1H2. The molecule has 0 fully saturated rings. The van der Waals surface area contributed by atoms with Gasteiger partial charge >= 0.3 is 0 Å². The van der Waals surface area contributed by atoms with Crippen molar-refractivity contribution in [1.82, 2.24) is 0 Å². The molecule has 17 heavy (non-hydrogen) atoms. The smallest absolute Gasteiger partial charge is 0.196 e. The first kappa shape index (κ1) is 10.4. The second-order valence-electron chi connectivity index (χ2n) is 3.88. The van der Waals surface area contributed by atoms with E-state index < -0.39 is 0 Å². The van der Waals surface area contributed by atoms with Gasteiger partial charge in [0, 0.05) is 10.0 Å². The van der Waals surface area contributed by atoms with Crippen LogP contribution in [0.15, 0.2) is 45.9 Å². The number of carbonyl (C=O) groups is 1. The zero-order valence-corrected chi connectivity index (χ0v) is 10.5. The fourth-order valence-electron chi connectivity index (χ4n) is 2.21. The van der Waals surface area contributed by atoms with Crippen molar-refractivity contribution in [2.24, 2.45) is 4.99 Å². The van der Waals surface area contributed by atoms with Crippen LogP contribution < -0.4 is 0 Å². The molecule has 1 aliphatic carbocycles. The van der Waals surface area contributed by atoms with Gasteiger partial charge in [-0.05, 0) is 36.0 Å². The maximum absolute atomic E-state index is 12.3. The van der Waals surface area contributed by atoms with Crippen molar-refractivity contribution in [2.45, 2.75) is 0 Å². The number of benzene rings is 2. The summed E-state index contributed by atoms with van der Waals surface area (Å²) < 4.78 is 0.908. The number of halogens is 1. The number of aliphatic imine (C=N–C) groups is 1. The van der Waals surface area contributed by atoms with Crippen molar-refractivity contribution in [2.75, 3.05) is 0 Å². The summed E-state index contributed by atoms with van der Waals surface area (Å²) in [4.78, 5) is 16.2. The van der Waals surface area contributed by atoms with Gasteiger partial charge < -0.3 is 0 Å². The predicted octanol–water partition coefficient (Wildman–Crippen LogP) is 3.99. The van der Waals surface area contributed by atoms with E-state index in [0.29, 0.717) is 11.3 Å². The fraction of sp³-hybridized carbons (Fsp3) is 0. The zero-order chi connectivity index (χ0) is 12.0. The third kappa shape index (κ3) is 1.39. The molecule has 0 amide bonds. The zero-order valence-electron chi connectivity index (χ0n) is 8.90. The highest BCUT2D eigenvalue weighted by Gasteiger charge is 2.28. The van der Waals surface area contributed by atoms with Gasteiger partial charge in [-0.25, -0.2) is 0 Å². The molecule has 0 aromatic heterocycles. The van der Waals surface area contributed by atoms with Crippen molar-refractivity contribution in [3.8, 4) is 11.1 Å². The molecule has 0 heterocycles. The molecule has 0 unspecified atom stereocenters. The van der Waals surface area contributed by atoms with Crippen LogP contribution in [-0.2, 0) is 0 Å². The van der Waals surface area contributed by atoms with Gasteiger partial charge in [0.05, 0.1) is 11.3 Å². The van der Waals surface area contributed by atoms with Crippen molar-refractivity contribution in [3.05, 3.63) is 52.0 Å². The van der Waals surface area contributed by atoms with Gasteiger partial charge in [-0.1, -0.05) is 34.1 Å². The summed E-state index contributed by atoms with van der Waals surface area (Å²) in [6.07, 6.45) is 0. The van der Waals surface area contributed by atoms with Crippen LogP contribution in [0.25, 0.3) is 11.1 Å². The molecule has 0 atom stereocenters. The molecule has 0 spiro atoms. The van der Waals surface area contributed by atoms with Crippen LogP contribution in [0.1, 0.15) is 15.9 Å². The summed E-state index contributed by atoms with van der Waals surface area (Å²) in [5.74, 6) is 0.0271. The van der Waals surface area contributed by atoms with E-state index in [4.69, 9.17) is 0 Å². The highest BCUT2D eigenvalue weighted by atomic mass is 79.9. The highest BCUT2D eigenvalue weighted by molar-refractivity contribution is 9.10. The summed E-state index contributed by atoms with van der Waals surface area (Å²) in [5.41, 5.74) is 3.96. The Morgan fingerprint density at radius 2 is 1.88 bits per heavy atom. The second-order valence-corrected chi connectivity index (χ2v) is 4.79. The third-order valence-corrected chi connectivity index (χ3v) is 3.45. The normalized spacial score (nSPS) is 12.2. The lowest BCUT2D eigenvalue weighted by Gasteiger charge is -2.01.